The van der Waals surface area contributed by atoms with Gasteiger partial charge in [0.2, 0.25) is 0 Å². The molecule has 0 bridgehead atoms. The molecule has 146 valence electrons. The number of rotatable bonds is 7. The number of benzene rings is 2. The number of hydrogen-bond acceptors (Lipinski definition) is 5. The van der Waals surface area contributed by atoms with Crippen LogP contribution in [0.25, 0.3) is 0 Å². The molecule has 0 radical (unpaired) electrons. The Morgan fingerprint density at radius 2 is 1.79 bits per heavy atom. The lowest BCUT2D eigenvalue weighted by molar-refractivity contribution is 0.00678. The van der Waals surface area contributed by atoms with Crippen LogP contribution in [0, 0.1) is 11.3 Å². The Morgan fingerprint density at radius 3 is 2.36 bits per heavy atom. The summed E-state index contributed by atoms with van der Waals surface area (Å²) in [5.74, 6) is -0.939. The molecule has 1 aliphatic rings. The average Bonchev–Trinajstić information content (AvgIpc) is 2.72. The SMILES string of the molecule is N#Cc1ccc(CCC(Sc2ccc(C(=O)O)cc2)C2(O)CCNCC2)cc1. The number of hydrogen-bond donors (Lipinski definition) is 3. The predicted octanol–water partition coefficient (Wildman–Crippen LogP) is 3.46. The Bertz CT molecular complexity index is 838. The van der Waals surface area contributed by atoms with Gasteiger partial charge in [-0.1, -0.05) is 12.1 Å². The molecular formula is C22H24N2O3S. The lowest BCUT2D eigenvalue weighted by atomic mass is 9.86. The maximum absolute atomic E-state index is 11.3. The van der Waals surface area contributed by atoms with Crippen LogP contribution < -0.4 is 5.32 Å². The second kappa shape index (κ2) is 9.24. The zero-order chi connectivity index (χ0) is 20.0. The van der Waals surface area contributed by atoms with E-state index in [1.54, 1.807) is 23.9 Å². The van der Waals surface area contributed by atoms with Gasteiger partial charge in [-0.15, -0.1) is 11.8 Å². The van der Waals surface area contributed by atoms with Gasteiger partial charge in [0.25, 0.3) is 0 Å². The first-order valence-corrected chi connectivity index (χ1v) is 10.3. The molecule has 0 aliphatic carbocycles. The molecule has 1 heterocycles. The van der Waals surface area contributed by atoms with Crippen LogP contribution in [0.15, 0.2) is 53.4 Å². The number of aryl methyl sites for hydroxylation is 1. The van der Waals surface area contributed by atoms with Crippen LogP contribution >= 0.6 is 11.8 Å². The Hall–Kier alpha value is -2.33. The van der Waals surface area contributed by atoms with E-state index in [0.717, 1.165) is 36.4 Å². The first-order valence-electron chi connectivity index (χ1n) is 9.42. The van der Waals surface area contributed by atoms with Crippen LogP contribution in [0.3, 0.4) is 0 Å². The predicted molar refractivity (Wildman–Crippen MR) is 110 cm³/mol. The molecule has 0 spiro atoms. The van der Waals surface area contributed by atoms with Gasteiger partial charge in [0.05, 0.1) is 22.8 Å². The number of carbonyl (C=O) groups is 1. The number of aliphatic hydroxyl groups is 1. The van der Waals surface area contributed by atoms with E-state index in [4.69, 9.17) is 10.4 Å². The fourth-order valence-electron chi connectivity index (χ4n) is 3.50. The van der Waals surface area contributed by atoms with Crippen molar-refractivity contribution in [1.29, 1.82) is 5.26 Å². The van der Waals surface area contributed by atoms with Crippen molar-refractivity contribution in [3.05, 3.63) is 65.2 Å². The molecule has 3 N–H and O–H groups in total. The molecule has 1 fully saturated rings. The van der Waals surface area contributed by atoms with Crippen LogP contribution in [-0.2, 0) is 6.42 Å². The highest BCUT2D eigenvalue weighted by Gasteiger charge is 2.38. The Labute approximate surface area is 169 Å². The molecule has 1 atom stereocenters. The van der Waals surface area contributed by atoms with Gasteiger partial charge < -0.3 is 15.5 Å². The molecule has 28 heavy (non-hydrogen) atoms. The van der Waals surface area contributed by atoms with E-state index in [-0.39, 0.29) is 10.8 Å². The Balaban J connectivity index is 1.74. The third kappa shape index (κ3) is 5.14. The minimum absolute atomic E-state index is 0.000853. The monoisotopic (exact) mass is 396 g/mol. The normalized spacial score (nSPS) is 16.9. The maximum atomic E-state index is 11.3. The van der Waals surface area contributed by atoms with Crippen molar-refractivity contribution >= 4 is 17.7 Å². The van der Waals surface area contributed by atoms with Gasteiger partial charge in [-0.05, 0) is 80.7 Å². The third-order valence-electron chi connectivity index (χ3n) is 5.23. The topological polar surface area (TPSA) is 93.4 Å². The van der Waals surface area contributed by atoms with Gasteiger partial charge in [-0.3, -0.25) is 0 Å². The van der Waals surface area contributed by atoms with Crippen molar-refractivity contribution in [2.75, 3.05) is 13.1 Å². The number of carboxylic acids is 1. The fraction of sp³-hybridized carbons (Fsp3) is 0.364. The first-order chi connectivity index (χ1) is 13.5. The van der Waals surface area contributed by atoms with E-state index in [1.807, 2.05) is 36.4 Å². The average molecular weight is 397 g/mol. The summed E-state index contributed by atoms with van der Waals surface area (Å²) in [5, 5.41) is 32.6. The number of nitrogens with one attached hydrogen (secondary N) is 1. The van der Waals surface area contributed by atoms with E-state index in [1.165, 1.54) is 0 Å². The van der Waals surface area contributed by atoms with Crippen LogP contribution in [0.5, 0.6) is 0 Å². The zero-order valence-electron chi connectivity index (χ0n) is 15.6. The number of nitrogens with zero attached hydrogens (tertiary/aromatic N) is 1. The summed E-state index contributed by atoms with van der Waals surface area (Å²) in [6, 6.07) is 16.5. The molecule has 2 aromatic carbocycles. The van der Waals surface area contributed by atoms with E-state index >= 15 is 0 Å². The van der Waals surface area contributed by atoms with Crippen LogP contribution in [0.4, 0.5) is 0 Å². The molecule has 5 nitrogen and oxygen atoms in total. The second-order valence-corrected chi connectivity index (χ2v) is 8.41. The summed E-state index contributed by atoms with van der Waals surface area (Å²) in [6.07, 6.45) is 3.01. The van der Waals surface area contributed by atoms with Crippen molar-refractivity contribution < 1.29 is 15.0 Å². The molecule has 1 unspecified atom stereocenters. The number of nitriles is 1. The number of thioether (sulfide) groups is 1. The van der Waals surface area contributed by atoms with Gasteiger partial charge in [-0.2, -0.15) is 5.26 Å². The van der Waals surface area contributed by atoms with Crippen LogP contribution in [0.2, 0.25) is 0 Å². The van der Waals surface area contributed by atoms with E-state index in [0.29, 0.717) is 18.4 Å². The van der Waals surface area contributed by atoms with E-state index in [9.17, 15) is 9.90 Å². The highest BCUT2D eigenvalue weighted by atomic mass is 32.2. The summed E-state index contributed by atoms with van der Waals surface area (Å²) >= 11 is 1.62. The summed E-state index contributed by atoms with van der Waals surface area (Å²) in [4.78, 5) is 12.0. The van der Waals surface area contributed by atoms with E-state index in [2.05, 4.69) is 11.4 Å². The zero-order valence-corrected chi connectivity index (χ0v) is 16.4. The van der Waals surface area contributed by atoms with E-state index < -0.39 is 11.6 Å². The highest BCUT2D eigenvalue weighted by Crippen LogP contribution is 2.38. The highest BCUT2D eigenvalue weighted by molar-refractivity contribution is 8.00. The van der Waals surface area contributed by atoms with Gasteiger partial charge in [0.15, 0.2) is 0 Å². The van der Waals surface area contributed by atoms with Crippen LogP contribution in [-0.4, -0.2) is 40.1 Å². The summed E-state index contributed by atoms with van der Waals surface area (Å²) in [5.41, 5.74) is 1.29. The smallest absolute Gasteiger partial charge is 0.335 e. The fourth-order valence-corrected chi connectivity index (χ4v) is 4.82. The van der Waals surface area contributed by atoms with Gasteiger partial charge in [0.1, 0.15) is 0 Å². The second-order valence-electron chi connectivity index (χ2n) is 7.14. The van der Waals surface area contributed by atoms with Crippen molar-refractivity contribution in [2.24, 2.45) is 0 Å². The maximum Gasteiger partial charge on any atom is 0.335 e. The molecular weight excluding hydrogens is 372 g/mol. The lowest BCUT2D eigenvalue weighted by Crippen LogP contribution is -2.49. The first kappa shape index (κ1) is 20.4. The molecule has 0 saturated carbocycles. The number of piperidine rings is 1. The quantitative estimate of drug-likeness (QED) is 0.621. The molecule has 0 aromatic heterocycles. The number of carboxylic acid groups (broad SMARTS) is 1. The van der Waals surface area contributed by atoms with Crippen molar-refractivity contribution in [2.45, 2.75) is 41.4 Å². The standard InChI is InChI=1S/C22H24N2O3S/c23-15-17-3-1-16(2-4-17)5-10-20(22(27)11-13-24-14-12-22)28-19-8-6-18(7-9-19)21(25)26/h1-4,6-9,20,24,27H,5,10-14H2,(H,25,26). The molecule has 2 aromatic rings. The molecule has 6 heteroatoms. The summed E-state index contributed by atoms with van der Waals surface area (Å²) in [6.45, 7) is 1.59. The third-order valence-corrected chi connectivity index (χ3v) is 6.73. The molecule has 1 aliphatic heterocycles. The molecule has 1 saturated heterocycles. The Kier molecular flexibility index (Phi) is 6.74. The minimum Gasteiger partial charge on any atom is -0.478 e. The van der Waals surface area contributed by atoms with Gasteiger partial charge >= 0.3 is 5.97 Å². The van der Waals surface area contributed by atoms with Crippen molar-refractivity contribution in [3.8, 4) is 6.07 Å². The summed E-state index contributed by atoms with van der Waals surface area (Å²) in [7, 11) is 0. The van der Waals surface area contributed by atoms with Gasteiger partial charge in [0, 0.05) is 10.1 Å². The molecule has 3 rings (SSSR count). The van der Waals surface area contributed by atoms with Crippen molar-refractivity contribution in [1.82, 2.24) is 5.32 Å². The van der Waals surface area contributed by atoms with Crippen molar-refractivity contribution in [3.63, 3.8) is 0 Å². The van der Waals surface area contributed by atoms with Crippen LogP contribution in [0.1, 0.15) is 40.7 Å². The number of aromatic carboxylic acids is 1. The molecule has 0 amide bonds. The lowest BCUT2D eigenvalue weighted by Gasteiger charge is -2.39. The van der Waals surface area contributed by atoms with Gasteiger partial charge in [-0.25, -0.2) is 4.79 Å². The summed E-state index contributed by atoms with van der Waals surface area (Å²) < 4.78 is 0. The largest absolute Gasteiger partial charge is 0.478 e. The Morgan fingerprint density at radius 1 is 1.14 bits per heavy atom. The minimum atomic E-state index is -0.939.